The van der Waals surface area contributed by atoms with Gasteiger partial charge in [0.15, 0.2) is 0 Å². The van der Waals surface area contributed by atoms with Crippen LogP contribution in [0.1, 0.15) is 34.8 Å². The molecule has 1 aromatic heterocycles. The Labute approximate surface area is 114 Å². The minimum Gasteiger partial charge on any atom is -0.399 e. The van der Waals surface area contributed by atoms with Gasteiger partial charge in [-0.25, -0.2) is 9.37 Å². The molecule has 1 unspecified atom stereocenters. The van der Waals surface area contributed by atoms with Crippen LogP contribution in [0.15, 0.2) is 29.8 Å². The number of aromatic nitrogens is 1. The molecule has 0 fully saturated rings. The molecule has 2 rings (SSSR count). The monoisotopic (exact) mass is 279 g/mol. The quantitative estimate of drug-likeness (QED) is 0.846. The zero-order valence-corrected chi connectivity index (χ0v) is 11.2. The molecule has 4 nitrogen and oxygen atoms in total. The molecule has 0 saturated heterocycles. The Morgan fingerprint density at radius 1 is 1.58 bits per heavy atom. The third kappa shape index (κ3) is 3.08. The molecule has 0 bridgehead atoms. The fourth-order valence-electron chi connectivity index (χ4n) is 1.70. The molecule has 0 aliphatic carbocycles. The third-order valence-electron chi connectivity index (χ3n) is 2.70. The van der Waals surface area contributed by atoms with Gasteiger partial charge in [-0.2, -0.15) is 0 Å². The number of nitrogens with zero attached hydrogens (tertiary/aromatic N) is 1. The predicted molar refractivity (Wildman–Crippen MR) is 73.4 cm³/mol. The maximum Gasteiger partial charge on any atom is 0.254 e. The van der Waals surface area contributed by atoms with Gasteiger partial charge < -0.3 is 11.1 Å². The van der Waals surface area contributed by atoms with E-state index in [4.69, 9.17) is 5.73 Å². The standard InChI is InChI=1S/C13H14FN3OS/c1-2-11(13-16-5-6-19-13)17-12(18)9-4-3-8(15)7-10(9)14/h3-7,11H,2,15H2,1H3,(H,17,18). The number of nitrogens with one attached hydrogen (secondary N) is 1. The van der Waals surface area contributed by atoms with E-state index in [1.807, 2.05) is 12.3 Å². The summed E-state index contributed by atoms with van der Waals surface area (Å²) in [7, 11) is 0. The van der Waals surface area contributed by atoms with Gasteiger partial charge in [-0.3, -0.25) is 4.79 Å². The summed E-state index contributed by atoms with van der Waals surface area (Å²) in [6.45, 7) is 1.94. The molecule has 0 aliphatic rings. The molecule has 0 saturated carbocycles. The van der Waals surface area contributed by atoms with Crippen molar-refractivity contribution in [1.29, 1.82) is 0 Å². The lowest BCUT2D eigenvalue weighted by Gasteiger charge is -2.14. The molecule has 6 heteroatoms. The van der Waals surface area contributed by atoms with Gasteiger partial charge in [0.2, 0.25) is 0 Å². The van der Waals surface area contributed by atoms with Crippen molar-refractivity contribution in [3.63, 3.8) is 0 Å². The Morgan fingerprint density at radius 2 is 2.37 bits per heavy atom. The van der Waals surface area contributed by atoms with Crippen LogP contribution in [0.5, 0.6) is 0 Å². The van der Waals surface area contributed by atoms with E-state index in [9.17, 15) is 9.18 Å². The smallest absolute Gasteiger partial charge is 0.254 e. The number of carbonyl (C=O) groups is 1. The second-order valence-electron chi connectivity index (χ2n) is 4.04. The highest BCUT2D eigenvalue weighted by Gasteiger charge is 2.18. The number of hydrogen-bond acceptors (Lipinski definition) is 4. The molecular weight excluding hydrogens is 265 g/mol. The van der Waals surface area contributed by atoms with E-state index in [1.54, 1.807) is 6.20 Å². The van der Waals surface area contributed by atoms with Crippen LogP contribution in [0.25, 0.3) is 0 Å². The van der Waals surface area contributed by atoms with Crippen molar-refractivity contribution in [2.24, 2.45) is 0 Å². The lowest BCUT2D eigenvalue weighted by molar-refractivity contribution is 0.0931. The van der Waals surface area contributed by atoms with E-state index in [2.05, 4.69) is 10.3 Å². The number of thiazole rings is 1. The van der Waals surface area contributed by atoms with Crippen molar-refractivity contribution in [3.05, 3.63) is 46.2 Å². The number of carbonyl (C=O) groups excluding carboxylic acids is 1. The lowest BCUT2D eigenvalue weighted by Crippen LogP contribution is -2.28. The van der Waals surface area contributed by atoms with Crippen LogP contribution in [0.4, 0.5) is 10.1 Å². The van der Waals surface area contributed by atoms with E-state index >= 15 is 0 Å². The topological polar surface area (TPSA) is 68.0 Å². The average Bonchev–Trinajstić information content (AvgIpc) is 2.89. The van der Waals surface area contributed by atoms with Crippen LogP contribution in [0.3, 0.4) is 0 Å². The molecule has 0 spiro atoms. The minimum atomic E-state index is -0.619. The summed E-state index contributed by atoms with van der Waals surface area (Å²) in [5, 5.41) is 5.43. The molecule has 1 atom stereocenters. The zero-order chi connectivity index (χ0) is 13.8. The third-order valence-corrected chi connectivity index (χ3v) is 3.59. The van der Waals surface area contributed by atoms with Crippen molar-refractivity contribution in [2.45, 2.75) is 19.4 Å². The molecule has 1 aromatic carbocycles. The van der Waals surface area contributed by atoms with E-state index < -0.39 is 11.7 Å². The first-order valence-corrected chi connectivity index (χ1v) is 6.75. The summed E-state index contributed by atoms with van der Waals surface area (Å²) in [6.07, 6.45) is 2.37. The van der Waals surface area contributed by atoms with Gasteiger partial charge in [0.05, 0.1) is 11.6 Å². The van der Waals surface area contributed by atoms with Crippen LogP contribution in [-0.2, 0) is 0 Å². The number of anilines is 1. The zero-order valence-electron chi connectivity index (χ0n) is 10.4. The summed E-state index contributed by atoms with van der Waals surface area (Å²) < 4.78 is 13.6. The number of halogens is 1. The summed E-state index contributed by atoms with van der Waals surface area (Å²) >= 11 is 1.46. The van der Waals surface area contributed by atoms with Crippen molar-refractivity contribution in [2.75, 3.05) is 5.73 Å². The van der Waals surface area contributed by atoms with E-state index in [-0.39, 0.29) is 11.6 Å². The van der Waals surface area contributed by atoms with Crippen LogP contribution < -0.4 is 11.1 Å². The van der Waals surface area contributed by atoms with Crippen molar-refractivity contribution in [3.8, 4) is 0 Å². The van der Waals surface area contributed by atoms with Gasteiger partial charge in [-0.05, 0) is 24.6 Å². The second kappa shape index (κ2) is 5.79. The van der Waals surface area contributed by atoms with E-state index in [1.165, 1.54) is 23.5 Å². The van der Waals surface area contributed by atoms with Gasteiger partial charge >= 0.3 is 0 Å². The Kier molecular flexibility index (Phi) is 4.11. The summed E-state index contributed by atoms with van der Waals surface area (Å²) in [5.74, 6) is -1.08. The lowest BCUT2D eigenvalue weighted by atomic mass is 10.1. The highest BCUT2D eigenvalue weighted by atomic mass is 32.1. The number of nitrogens with two attached hydrogens (primary N) is 1. The van der Waals surface area contributed by atoms with Crippen LogP contribution in [0, 0.1) is 5.82 Å². The van der Waals surface area contributed by atoms with Crippen LogP contribution in [0.2, 0.25) is 0 Å². The van der Waals surface area contributed by atoms with Crippen molar-refractivity contribution < 1.29 is 9.18 Å². The van der Waals surface area contributed by atoms with E-state index in [0.717, 1.165) is 11.1 Å². The van der Waals surface area contributed by atoms with Crippen LogP contribution in [-0.4, -0.2) is 10.9 Å². The fraction of sp³-hybridized carbons (Fsp3) is 0.231. The number of nitrogen functional groups attached to an aromatic ring is 1. The van der Waals surface area contributed by atoms with Crippen molar-refractivity contribution in [1.82, 2.24) is 10.3 Å². The number of rotatable bonds is 4. The Bertz CT molecular complexity index is 571. The highest BCUT2D eigenvalue weighted by Crippen LogP contribution is 2.20. The molecule has 2 aromatic rings. The molecule has 0 radical (unpaired) electrons. The van der Waals surface area contributed by atoms with Gasteiger partial charge in [-0.15, -0.1) is 11.3 Å². The second-order valence-corrected chi connectivity index (χ2v) is 4.97. The molecule has 0 aliphatic heterocycles. The SMILES string of the molecule is CCC(NC(=O)c1ccc(N)cc1F)c1nccs1. The number of hydrogen-bond donors (Lipinski definition) is 2. The molecular formula is C13H14FN3OS. The van der Waals surface area contributed by atoms with E-state index in [0.29, 0.717) is 12.1 Å². The first kappa shape index (κ1) is 13.5. The van der Waals surface area contributed by atoms with Crippen LogP contribution >= 0.6 is 11.3 Å². The Morgan fingerprint density at radius 3 is 2.95 bits per heavy atom. The first-order chi connectivity index (χ1) is 9.11. The number of benzene rings is 1. The molecule has 1 heterocycles. The van der Waals surface area contributed by atoms with Gasteiger partial charge in [0.25, 0.3) is 5.91 Å². The number of amides is 1. The van der Waals surface area contributed by atoms with Gasteiger partial charge in [-0.1, -0.05) is 6.92 Å². The predicted octanol–water partition coefficient (Wildman–Crippen LogP) is 2.75. The largest absolute Gasteiger partial charge is 0.399 e. The Balaban J connectivity index is 2.16. The van der Waals surface area contributed by atoms with Crippen molar-refractivity contribution >= 4 is 22.9 Å². The maximum absolute atomic E-state index is 13.6. The highest BCUT2D eigenvalue weighted by molar-refractivity contribution is 7.09. The summed E-state index contributed by atoms with van der Waals surface area (Å²) in [4.78, 5) is 16.2. The van der Waals surface area contributed by atoms with Gasteiger partial charge in [0.1, 0.15) is 10.8 Å². The average molecular weight is 279 g/mol. The molecule has 3 N–H and O–H groups in total. The first-order valence-electron chi connectivity index (χ1n) is 5.87. The normalized spacial score (nSPS) is 12.1. The minimum absolute atomic E-state index is 0.00999. The van der Waals surface area contributed by atoms with Gasteiger partial charge in [0, 0.05) is 17.3 Å². The maximum atomic E-state index is 13.6. The summed E-state index contributed by atoms with van der Waals surface area (Å²) in [5.41, 5.74) is 5.73. The Hall–Kier alpha value is -1.95. The fourth-order valence-corrected chi connectivity index (χ4v) is 2.47. The molecule has 1 amide bonds. The molecule has 100 valence electrons. The summed E-state index contributed by atoms with van der Waals surface area (Å²) in [6, 6.07) is 3.82. The molecule has 19 heavy (non-hydrogen) atoms.